The Hall–Kier alpha value is -12.6. The number of rotatable bonds is 24. The molecule has 11 heteroatoms. The number of anilines is 12. The van der Waals surface area contributed by atoms with Crippen LogP contribution in [0.5, 0.6) is 0 Å². The average Bonchev–Trinajstić information content (AvgIpc) is 0.825. The molecule has 0 bridgehead atoms. The van der Waals surface area contributed by atoms with Crippen molar-refractivity contribution in [3.63, 3.8) is 0 Å². The Balaban J connectivity index is 0.000000212. The van der Waals surface area contributed by atoms with Gasteiger partial charge < -0.3 is 34.2 Å². The van der Waals surface area contributed by atoms with Crippen LogP contribution in [0.25, 0.3) is 24.3 Å². The summed E-state index contributed by atoms with van der Waals surface area (Å²) in [5.41, 5.74) is 25.9. The van der Waals surface area contributed by atoms with Crippen LogP contribution in [-0.4, -0.2) is 22.3 Å². The molecule has 0 atom stereocenters. The molecular weight excluding hydrogens is 1300 g/mol. The van der Waals surface area contributed by atoms with Crippen molar-refractivity contribution < 1.29 is 29.0 Å². The van der Waals surface area contributed by atoms with Crippen molar-refractivity contribution in [3.8, 4) is 0 Å². The molecule has 0 aromatic heterocycles. The number of aliphatic hydroxyl groups is 1. The fourth-order valence-electron chi connectivity index (χ4n) is 11.2. The lowest BCUT2D eigenvalue weighted by Gasteiger charge is -2.26. The van der Waals surface area contributed by atoms with Crippen LogP contribution in [0.4, 0.5) is 68.2 Å². The number of halogens is 1. The first-order valence-corrected chi connectivity index (χ1v) is 34.5. The molecule has 0 amide bonds. The molecule has 0 unspecified atom stereocenters. The van der Waals surface area contributed by atoms with Gasteiger partial charge in [-0.15, -0.1) is 0 Å². The predicted octanol–water partition coefficient (Wildman–Crippen LogP) is 24.0. The molecule has 0 heterocycles. The number of ether oxygens (including phenoxy) is 2. The minimum atomic E-state index is -0.509. The number of hydrogen-bond acceptors (Lipinski definition) is 10. The second-order valence-corrected chi connectivity index (χ2v) is 25.2. The first kappa shape index (κ1) is 74.1. The molecule has 12 aromatic carbocycles. The van der Waals surface area contributed by atoms with E-state index in [9.17, 15) is 19.5 Å². The summed E-state index contributed by atoms with van der Waals surface area (Å²) in [6.45, 7) is 20.9. The van der Waals surface area contributed by atoms with E-state index in [1.54, 1.807) is 0 Å². The van der Waals surface area contributed by atoms with E-state index in [0.717, 1.165) is 113 Å². The minimum Gasteiger partial charge on any atom is -0.458 e. The van der Waals surface area contributed by atoms with E-state index in [2.05, 4.69) is 329 Å². The van der Waals surface area contributed by atoms with Crippen molar-refractivity contribution in [3.05, 3.63) is 396 Å². The largest absolute Gasteiger partial charge is 0.458 e. The summed E-state index contributed by atoms with van der Waals surface area (Å²) in [5.74, 6) is -0.885. The number of esters is 2. The topological polar surface area (TPSA) is 103 Å². The van der Waals surface area contributed by atoms with E-state index in [4.69, 9.17) is 21.1 Å². The maximum Gasteiger partial charge on any atom is 0.330 e. The number of aryl methyl sites for hydroxylation is 5. The van der Waals surface area contributed by atoms with E-state index in [1.807, 2.05) is 60.7 Å². The summed E-state index contributed by atoms with van der Waals surface area (Å²) in [4.78, 5) is 41.5. The molecule has 1 N–H and O–H groups in total. The number of hydrogen-bond donors (Lipinski definition) is 1. The fourth-order valence-corrected chi connectivity index (χ4v) is 11.2. The van der Waals surface area contributed by atoms with Crippen LogP contribution < -0.4 is 19.6 Å². The van der Waals surface area contributed by atoms with Crippen LogP contribution >= 0.6 is 11.6 Å². The Bertz CT molecular complexity index is 4660. The molecular formula is C93H83ClN4O6. The number of aliphatic hydroxyl groups excluding tert-OH is 1. The molecule has 0 saturated heterocycles. The van der Waals surface area contributed by atoms with Crippen molar-refractivity contribution in [2.75, 3.05) is 19.6 Å². The lowest BCUT2D eigenvalue weighted by atomic mass is 10.1. The van der Waals surface area contributed by atoms with Gasteiger partial charge in [0.15, 0.2) is 0 Å². The molecule has 0 fully saturated rings. The van der Waals surface area contributed by atoms with Gasteiger partial charge in [-0.05, 0) is 237 Å². The quantitative estimate of drug-likeness (QED) is 0.0272. The standard InChI is InChI=1S/C48H42N2O4.C42H38N2O.C3H3ClO/c1-5-47(51)53-33-39-17-29-45(30-18-39)49(41-21-7-35(3)8-22-41)43-25-13-37(14-26-43)11-12-38-15-27-44(28-16-38)50(42-23-9-36(4)10-24-42)46-31-19-40(20-32-46)34-54-48(52)6-2;1-31-4-18-37(19-5-31)43(38-20-6-32(2)7-21-38)40-24-12-34(13-25-40)10-11-35-14-26-41(27-15-35)44(39-22-8-33(3)9-23-39)42-28-16-36(30-45)17-29-42;1-2-3(4)5/h5-32H,1-2,33-34H2,3-4H3;4-29,45H,30H2,1-3H3;2H,1H2/b12-11+;11-10+;. The van der Waals surface area contributed by atoms with Gasteiger partial charge in [-0.2, -0.15) is 0 Å². The van der Waals surface area contributed by atoms with Crippen molar-refractivity contribution in [2.45, 2.75) is 54.4 Å². The first-order valence-electron chi connectivity index (χ1n) is 34.1. The Morgan fingerprint density at radius 1 is 0.288 bits per heavy atom. The third kappa shape index (κ3) is 20.8. The zero-order valence-electron chi connectivity index (χ0n) is 59.2. The number of carbonyl (C=O) groups excluding carboxylic acids is 3. The Kier molecular flexibility index (Phi) is 26.1. The zero-order valence-corrected chi connectivity index (χ0v) is 59.9. The third-order valence-electron chi connectivity index (χ3n) is 17.0. The molecule has 12 rings (SSSR count). The van der Waals surface area contributed by atoms with Crippen molar-refractivity contribution in [1.82, 2.24) is 0 Å². The van der Waals surface area contributed by atoms with E-state index < -0.39 is 17.2 Å². The van der Waals surface area contributed by atoms with Gasteiger partial charge in [0.25, 0.3) is 0 Å². The minimum absolute atomic E-state index is 0.0340. The number of benzene rings is 12. The molecule has 0 radical (unpaired) electrons. The molecule has 0 aliphatic heterocycles. The number of nitrogens with zero attached hydrogens (tertiary/aromatic N) is 4. The summed E-state index contributed by atoms with van der Waals surface area (Å²) in [6.07, 6.45) is 11.9. The summed E-state index contributed by atoms with van der Waals surface area (Å²) >= 11 is 4.71. The monoisotopic (exact) mass is 1390 g/mol. The second-order valence-electron chi connectivity index (χ2n) is 24.8. The molecule has 0 aliphatic carbocycles. The van der Waals surface area contributed by atoms with Crippen LogP contribution in [0.2, 0.25) is 0 Å². The normalized spacial score (nSPS) is 10.7. The highest BCUT2D eigenvalue weighted by molar-refractivity contribution is 6.66. The van der Waals surface area contributed by atoms with Crippen LogP contribution in [0.15, 0.2) is 329 Å². The van der Waals surface area contributed by atoms with Gasteiger partial charge in [-0.25, -0.2) is 9.59 Å². The Morgan fingerprint density at radius 2 is 0.452 bits per heavy atom. The van der Waals surface area contributed by atoms with E-state index in [0.29, 0.717) is 0 Å². The summed E-state index contributed by atoms with van der Waals surface area (Å²) in [6, 6.07) is 101. The zero-order chi connectivity index (χ0) is 73.3. The predicted molar refractivity (Wildman–Crippen MR) is 433 cm³/mol. The van der Waals surface area contributed by atoms with Crippen LogP contribution in [0.3, 0.4) is 0 Å². The third-order valence-corrected chi connectivity index (χ3v) is 17.2. The highest BCUT2D eigenvalue weighted by atomic mass is 35.5. The molecule has 0 aliphatic rings. The van der Waals surface area contributed by atoms with Gasteiger partial charge >= 0.3 is 11.9 Å². The van der Waals surface area contributed by atoms with Crippen LogP contribution in [-0.2, 0) is 43.7 Å². The number of carbonyl (C=O) groups is 3. The SMILES string of the molecule is C=CC(=O)Cl.C=CC(=O)OCc1ccc(N(c2ccc(C)cc2)c2ccc(/C=C/c3ccc(N(c4ccc(C)cc4)c4ccc(COC(=O)C=C)cc4)cc3)cc2)cc1.Cc1ccc(N(c2ccc(C)cc2)c2ccc(/C=C/c3ccc(N(c4ccc(C)cc4)c4ccc(CO)cc4)cc3)cc2)cc1. The van der Waals surface area contributed by atoms with Gasteiger partial charge in [-0.3, -0.25) is 4.79 Å². The van der Waals surface area contributed by atoms with Crippen molar-refractivity contribution in [2.24, 2.45) is 0 Å². The first-order chi connectivity index (χ1) is 50.5. The van der Waals surface area contributed by atoms with E-state index in [-0.39, 0.29) is 19.8 Å². The van der Waals surface area contributed by atoms with Crippen molar-refractivity contribution >= 4 is 121 Å². The van der Waals surface area contributed by atoms with Gasteiger partial charge in [0.2, 0.25) is 5.24 Å². The van der Waals surface area contributed by atoms with Gasteiger partial charge in [0, 0.05) is 80.4 Å². The molecule has 10 nitrogen and oxygen atoms in total. The maximum atomic E-state index is 11.5. The maximum absolute atomic E-state index is 11.5. The van der Waals surface area contributed by atoms with Gasteiger partial charge in [-0.1, -0.05) is 217 Å². The van der Waals surface area contributed by atoms with Crippen LogP contribution in [0.1, 0.15) is 66.8 Å². The lowest BCUT2D eigenvalue weighted by molar-refractivity contribution is -0.139. The smallest absolute Gasteiger partial charge is 0.330 e. The van der Waals surface area contributed by atoms with Crippen LogP contribution in [0, 0.1) is 34.6 Å². The fraction of sp³-hybridized carbons (Fsp3) is 0.0860. The number of allylic oxidation sites excluding steroid dienone is 1. The highest BCUT2D eigenvalue weighted by Crippen LogP contribution is 2.40. The average molecular weight is 1390 g/mol. The summed E-state index contributed by atoms with van der Waals surface area (Å²) in [5, 5.41) is 9.01. The highest BCUT2D eigenvalue weighted by Gasteiger charge is 2.18. The summed E-state index contributed by atoms with van der Waals surface area (Å²) < 4.78 is 10.4. The molecule has 0 saturated carbocycles. The van der Waals surface area contributed by atoms with E-state index >= 15 is 0 Å². The summed E-state index contributed by atoms with van der Waals surface area (Å²) in [7, 11) is 0. The molecule has 104 heavy (non-hydrogen) atoms. The lowest BCUT2D eigenvalue weighted by Crippen LogP contribution is -2.10. The molecule has 518 valence electrons. The van der Waals surface area contributed by atoms with Gasteiger partial charge in [0.1, 0.15) is 13.2 Å². The Morgan fingerprint density at radius 3 is 0.615 bits per heavy atom. The van der Waals surface area contributed by atoms with Crippen molar-refractivity contribution in [1.29, 1.82) is 0 Å². The second kappa shape index (κ2) is 36.7. The molecule has 0 spiro atoms. The molecule has 12 aromatic rings. The van der Waals surface area contributed by atoms with Gasteiger partial charge in [0.05, 0.1) is 6.61 Å². The van der Waals surface area contributed by atoms with E-state index in [1.165, 1.54) is 40.0 Å². The Labute approximate surface area is 616 Å².